The fraction of sp³-hybridized carbons (Fsp3) is 0. The molecular formula is C40H28N8. The Labute approximate surface area is 274 Å². The first-order valence-corrected chi connectivity index (χ1v) is 15.7. The Hall–Kier alpha value is -6.80. The third-order valence-corrected chi connectivity index (χ3v) is 8.70. The molecular weight excluding hydrogens is 592 g/mol. The highest BCUT2D eigenvalue weighted by Gasteiger charge is 2.18. The number of nitrogens with one attached hydrogen (secondary N) is 4. The molecule has 228 valence electrons. The maximum atomic E-state index is 4.47. The van der Waals surface area contributed by atoms with Gasteiger partial charge in [0.25, 0.3) is 0 Å². The average Bonchev–Trinajstić information content (AvgIpc) is 3.98. The Bertz CT molecular complexity index is 2280. The number of rotatable bonds is 4. The van der Waals surface area contributed by atoms with Crippen molar-refractivity contribution in [3.05, 3.63) is 213 Å². The van der Waals surface area contributed by atoms with E-state index in [1.54, 1.807) is 24.8 Å². The van der Waals surface area contributed by atoms with Gasteiger partial charge in [0, 0.05) is 138 Å². The average molecular weight is 621 g/mol. The van der Waals surface area contributed by atoms with Crippen molar-refractivity contribution < 1.29 is 0 Å². The predicted octanol–water partition coefficient (Wildman–Crippen LogP) is 3.88. The third kappa shape index (κ3) is 4.80. The molecule has 1 aliphatic rings. The number of hydrogen-bond donors (Lipinski definition) is 4. The second-order valence-electron chi connectivity index (χ2n) is 11.6. The molecule has 0 atom stereocenters. The molecule has 8 heteroatoms. The highest BCUT2D eigenvalue weighted by molar-refractivity contribution is 5.84. The molecule has 8 nitrogen and oxygen atoms in total. The quantitative estimate of drug-likeness (QED) is 0.239. The van der Waals surface area contributed by atoms with Crippen molar-refractivity contribution in [1.82, 2.24) is 39.9 Å². The summed E-state index contributed by atoms with van der Waals surface area (Å²) < 4.78 is 0. The highest BCUT2D eigenvalue weighted by Crippen LogP contribution is 2.27. The van der Waals surface area contributed by atoms with E-state index in [0.29, 0.717) is 0 Å². The van der Waals surface area contributed by atoms with E-state index in [9.17, 15) is 0 Å². The molecule has 48 heavy (non-hydrogen) atoms. The Morgan fingerprint density at radius 1 is 0.292 bits per heavy atom. The van der Waals surface area contributed by atoms with E-state index in [-0.39, 0.29) is 0 Å². The van der Waals surface area contributed by atoms with Crippen LogP contribution in [0.3, 0.4) is 0 Å². The molecule has 0 aliphatic carbocycles. The van der Waals surface area contributed by atoms with Crippen molar-refractivity contribution in [1.29, 1.82) is 0 Å². The number of pyridine rings is 4. The lowest BCUT2D eigenvalue weighted by Gasteiger charge is -2.09. The van der Waals surface area contributed by atoms with E-state index in [1.165, 1.54) is 0 Å². The summed E-state index contributed by atoms with van der Waals surface area (Å²) in [6.07, 6.45) is 14.8. The van der Waals surface area contributed by atoms with E-state index >= 15 is 0 Å². The van der Waals surface area contributed by atoms with Gasteiger partial charge in [-0.3, -0.25) is 19.9 Å². The molecule has 0 spiro atoms. The van der Waals surface area contributed by atoms with E-state index in [1.807, 2.05) is 49.1 Å². The molecule has 0 unspecified atom stereocenters. The Morgan fingerprint density at radius 2 is 0.562 bits per heavy atom. The highest BCUT2D eigenvalue weighted by atomic mass is 14.8. The Morgan fingerprint density at radius 3 is 0.792 bits per heavy atom. The van der Waals surface area contributed by atoms with Crippen LogP contribution >= 0.6 is 0 Å². The molecule has 0 fully saturated rings. The third-order valence-electron chi connectivity index (χ3n) is 8.70. The SMILES string of the molecule is c1cncc(C2=c3ccc([nH]3)=C(c3cccnc3)c3ccc([nH]3)C(c3cccnc3)=c3ccc([nH]3)=C(c3cccnc3)c3ccc2[nH]3)c1. The lowest BCUT2D eigenvalue weighted by molar-refractivity contribution is 1.17. The fourth-order valence-electron chi connectivity index (χ4n) is 6.61. The molecule has 8 aromatic heterocycles. The molecule has 0 amide bonds. The van der Waals surface area contributed by atoms with Gasteiger partial charge in [-0.15, -0.1) is 0 Å². The summed E-state index contributed by atoms with van der Waals surface area (Å²) >= 11 is 0. The van der Waals surface area contributed by atoms with E-state index in [0.717, 1.165) is 88.7 Å². The van der Waals surface area contributed by atoms with Gasteiger partial charge >= 0.3 is 0 Å². The first kappa shape index (κ1) is 27.5. The van der Waals surface area contributed by atoms with Gasteiger partial charge in [-0.25, -0.2) is 0 Å². The number of H-pyrrole nitrogens is 4. The maximum absolute atomic E-state index is 4.47. The Balaban J connectivity index is 1.44. The maximum Gasteiger partial charge on any atom is 0.0486 e. The van der Waals surface area contributed by atoms with Crippen LogP contribution in [0.25, 0.3) is 22.3 Å². The molecule has 0 saturated heterocycles. The molecule has 8 aromatic rings. The van der Waals surface area contributed by atoms with E-state index in [2.05, 4.69) is 113 Å². The van der Waals surface area contributed by atoms with Gasteiger partial charge in [-0.05, 0) is 72.8 Å². The smallest absolute Gasteiger partial charge is 0.0486 e. The largest absolute Gasteiger partial charge is 0.354 e. The van der Waals surface area contributed by atoms with Crippen molar-refractivity contribution >= 4 is 22.3 Å². The monoisotopic (exact) mass is 620 g/mol. The minimum absolute atomic E-state index is 0.958. The fourth-order valence-corrected chi connectivity index (χ4v) is 6.61. The van der Waals surface area contributed by atoms with Gasteiger partial charge in [-0.1, -0.05) is 24.3 Å². The van der Waals surface area contributed by atoms with Crippen LogP contribution in [0.5, 0.6) is 0 Å². The first-order valence-electron chi connectivity index (χ1n) is 15.7. The second kappa shape index (κ2) is 11.5. The molecule has 9 heterocycles. The zero-order valence-corrected chi connectivity index (χ0v) is 25.6. The van der Waals surface area contributed by atoms with Crippen molar-refractivity contribution in [2.24, 2.45) is 0 Å². The molecule has 8 bridgehead atoms. The zero-order chi connectivity index (χ0) is 31.9. The number of aromatic amines is 4. The summed E-state index contributed by atoms with van der Waals surface area (Å²) in [4.78, 5) is 33.0. The first-order chi connectivity index (χ1) is 23.8. The zero-order valence-electron chi connectivity index (χ0n) is 25.6. The van der Waals surface area contributed by atoms with Gasteiger partial charge in [0.1, 0.15) is 0 Å². The molecule has 0 aromatic carbocycles. The molecule has 1 aliphatic heterocycles. The second-order valence-corrected chi connectivity index (χ2v) is 11.6. The Kier molecular flexibility index (Phi) is 6.61. The van der Waals surface area contributed by atoms with E-state index < -0.39 is 0 Å². The summed E-state index contributed by atoms with van der Waals surface area (Å²) in [6.45, 7) is 0. The molecule has 0 saturated carbocycles. The van der Waals surface area contributed by atoms with Crippen LogP contribution in [0.15, 0.2) is 147 Å². The van der Waals surface area contributed by atoms with E-state index in [4.69, 9.17) is 0 Å². The molecule has 0 radical (unpaired) electrons. The summed E-state index contributed by atoms with van der Waals surface area (Å²) in [5.41, 5.74) is 11.8. The number of aromatic nitrogens is 8. The number of nitrogens with zero attached hydrogens (tertiary/aromatic N) is 4. The number of hydrogen-bond acceptors (Lipinski definition) is 4. The van der Waals surface area contributed by atoms with Gasteiger partial charge in [-0.2, -0.15) is 0 Å². The summed E-state index contributed by atoms with van der Waals surface area (Å²) in [7, 11) is 0. The lowest BCUT2D eigenvalue weighted by atomic mass is 10.0. The van der Waals surface area contributed by atoms with Crippen LogP contribution in [0.2, 0.25) is 0 Å². The molecule has 9 rings (SSSR count). The van der Waals surface area contributed by atoms with Crippen molar-refractivity contribution in [3.63, 3.8) is 0 Å². The number of fused-ring (bicyclic) bond motifs is 8. The normalized spacial score (nSPS) is 12.8. The van der Waals surface area contributed by atoms with Crippen molar-refractivity contribution in [2.45, 2.75) is 0 Å². The van der Waals surface area contributed by atoms with Crippen LogP contribution < -0.4 is 21.4 Å². The summed E-state index contributed by atoms with van der Waals surface area (Å²) in [5, 5.41) is 3.83. The van der Waals surface area contributed by atoms with Gasteiger partial charge < -0.3 is 19.9 Å². The van der Waals surface area contributed by atoms with Crippen LogP contribution in [-0.4, -0.2) is 39.9 Å². The van der Waals surface area contributed by atoms with Crippen LogP contribution in [0, 0.1) is 0 Å². The van der Waals surface area contributed by atoms with Gasteiger partial charge in [0.05, 0.1) is 0 Å². The minimum atomic E-state index is 0.958. The predicted molar refractivity (Wildman–Crippen MR) is 185 cm³/mol. The van der Waals surface area contributed by atoms with Crippen molar-refractivity contribution in [3.8, 4) is 0 Å². The van der Waals surface area contributed by atoms with Crippen LogP contribution in [0.1, 0.15) is 45.0 Å². The van der Waals surface area contributed by atoms with Gasteiger partial charge in [0.15, 0.2) is 0 Å². The lowest BCUT2D eigenvalue weighted by Crippen LogP contribution is -2.19. The van der Waals surface area contributed by atoms with Gasteiger partial charge in [0.2, 0.25) is 0 Å². The summed E-state index contributed by atoms with van der Waals surface area (Å²) in [6, 6.07) is 33.3. The van der Waals surface area contributed by atoms with Crippen LogP contribution in [-0.2, 0) is 0 Å². The van der Waals surface area contributed by atoms with Crippen molar-refractivity contribution in [2.75, 3.05) is 0 Å². The summed E-state index contributed by atoms with van der Waals surface area (Å²) in [5.74, 6) is 0. The molecule has 4 N–H and O–H groups in total. The topological polar surface area (TPSA) is 115 Å². The minimum Gasteiger partial charge on any atom is -0.354 e. The van der Waals surface area contributed by atoms with Crippen LogP contribution in [0.4, 0.5) is 0 Å². The standard InChI is InChI=1S/C40H28N8/c1-5-25(21-41-17-1)37-29-9-11-31(45-29)38(26-6-2-18-42-22-26)33-13-15-35(47-33)40(28-8-4-20-44-24-28)36-16-14-34(48-36)39(27-7-3-19-43-23-27)32-12-10-30(37)46-32/h1-24,45-48H.